The largest absolute Gasteiger partial charge is 0.311 e. The Morgan fingerprint density at radius 1 is 0.389 bits per heavy atom. The fourth-order valence-electron chi connectivity index (χ4n) is 7.69. The van der Waals surface area contributed by atoms with Gasteiger partial charge in [-0.1, -0.05) is 182 Å². The van der Waals surface area contributed by atoms with E-state index in [0.717, 1.165) is 33.8 Å². The molecule has 1 aromatic heterocycles. The monoisotopic (exact) mass is 707 g/mol. The Hall–Kier alpha value is -6.67. The van der Waals surface area contributed by atoms with Crippen molar-refractivity contribution in [2.24, 2.45) is 0 Å². The van der Waals surface area contributed by atoms with Crippen LogP contribution < -0.4 is 15.3 Å². The molecular weight excluding hydrogens is 674 g/mol. The van der Waals surface area contributed by atoms with E-state index in [9.17, 15) is 0 Å². The quantitative estimate of drug-likeness (QED) is 0.161. The van der Waals surface area contributed by atoms with Crippen LogP contribution in [0.2, 0.25) is 0 Å². The standard InChI is InChI=1S/C50H34N3P/c1-4-17-36(18-5-1)42-29-16-32-48-49(42)43-28-12-13-30-46(43)53(54(48)47-31-15-24-35-19-10-11-27-41(35)47)40-26-14-25-39(33-40)50-51-44(37-20-6-2-7-21-37)34-45(52-50)38-22-8-3-9-23-38/h1-34H. The lowest BCUT2D eigenvalue weighted by molar-refractivity contribution is 1.18. The van der Waals surface area contributed by atoms with Crippen LogP contribution in [0.3, 0.4) is 0 Å². The average molecular weight is 708 g/mol. The summed E-state index contributed by atoms with van der Waals surface area (Å²) in [7, 11) is -1.09. The smallest absolute Gasteiger partial charge is 0.160 e. The molecule has 2 heterocycles. The topological polar surface area (TPSA) is 29.0 Å². The van der Waals surface area contributed by atoms with E-state index in [1.807, 2.05) is 12.1 Å². The molecule has 0 radical (unpaired) electrons. The Kier molecular flexibility index (Phi) is 8.13. The predicted molar refractivity (Wildman–Crippen MR) is 228 cm³/mol. The normalized spacial score (nSPS) is 13.3. The van der Waals surface area contributed by atoms with Gasteiger partial charge in [-0.25, -0.2) is 9.97 Å². The molecule has 0 saturated carbocycles. The molecule has 10 rings (SSSR count). The number of para-hydroxylation sites is 1. The number of hydrogen-bond acceptors (Lipinski definition) is 3. The summed E-state index contributed by atoms with van der Waals surface area (Å²) in [6.45, 7) is 0. The first-order valence-electron chi connectivity index (χ1n) is 18.3. The van der Waals surface area contributed by atoms with E-state index < -0.39 is 8.07 Å². The SMILES string of the molecule is c1ccc(-c2cc(-c3ccccc3)nc(-c3cccc(N4c5ccccc5-c5c(-c6ccccc6)cccc5P4c4cccc5ccccc45)c3)n2)cc1. The Labute approximate surface area is 316 Å². The lowest BCUT2D eigenvalue weighted by Crippen LogP contribution is -2.30. The molecule has 0 fully saturated rings. The highest BCUT2D eigenvalue weighted by Gasteiger charge is 2.36. The Bertz CT molecular complexity index is 2720. The summed E-state index contributed by atoms with van der Waals surface area (Å²) in [6.07, 6.45) is 0. The van der Waals surface area contributed by atoms with Crippen molar-refractivity contribution in [2.45, 2.75) is 0 Å². The minimum Gasteiger partial charge on any atom is -0.311 e. The number of benzene rings is 8. The minimum atomic E-state index is -1.09. The van der Waals surface area contributed by atoms with Crippen LogP contribution in [0.5, 0.6) is 0 Å². The van der Waals surface area contributed by atoms with Crippen molar-refractivity contribution < 1.29 is 0 Å². The van der Waals surface area contributed by atoms with Gasteiger partial charge in [-0.3, -0.25) is 0 Å². The molecule has 54 heavy (non-hydrogen) atoms. The molecule has 0 spiro atoms. The summed E-state index contributed by atoms with van der Waals surface area (Å²) in [5.74, 6) is 0.698. The van der Waals surface area contributed by atoms with Crippen LogP contribution >= 0.6 is 8.07 Å². The van der Waals surface area contributed by atoms with Crippen LogP contribution in [0.25, 0.3) is 66.9 Å². The van der Waals surface area contributed by atoms with Crippen molar-refractivity contribution in [2.75, 3.05) is 4.67 Å². The van der Waals surface area contributed by atoms with E-state index in [0.29, 0.717) is 5.82 Å². The van der Waals surface area contributed by atoms with Gasteiger partial charge in [0.1, 0.15) is 0 Å². The van der Waals surface area contributed by atoms with Gasteiger partial charge in [0.05, 0.1) is 25.1 Å². The molecule has 0 aliphatic carbocycles. The van der Waals surface area contributed by atoms with Gasteiger partial charge >= 0.3 is 0 Å². The highest BCUT2D eigenvalue weighted by Crippen LogP contribution is 2.58. The van der Waals surface area contributed by atoms with E-state index in [-0.39, 0.29) is 0 Å². The van der Waals surface area contributed by atoms with Gasteiger partial charge < -0.3 is 4.67 Å². The number of fused-ring (bicyclic) bond motifs is 4. The highest BCUT2D eigenvalue weighted by atomic mass is 31.1. The third-order valence-electron chi connectivity index (χ3n) is 10.2. The van der Waals surface area contributed by atoms with Gasteiger partial charge in [0.2, 0.25) is 0 Å². The van der Waals surface area contributed by atoms with Crippen molar-refractivity contribution >= 4 is 40.8 Å². The van der Waals surface area contributed by atoms with E-state index in [1.165, 1.54) is 49.3 Å². The van der Waals surface area contributed by atoms with Gasteiger partial charge in [0.15, 0.2) is 5.82 Å². The first-order chi connectivity index (χ1) is 26.8. The maximum absolute atomic E-state index is 5.20. The lowest BCUT2D eigenvalue weighted by atomic mass is 9.93. The summed E-state index contributed by atoms with van der Waals surface area (Å²) in [6, 6.07) is 73.8. The number of rotatable bonds is 6. The second kappa shape index (κ2) is 13.7. The van der Waals surface area contributed by atoms with E-state index in [2.05, 4.69) is 199 Å². The van der Waals surface area contributed by atoms with Crippen molar-refractivity contribution in [1.82, 2.24) is 9.97 Å². The van der Waals surface area contributed by atoms with E-state index >= 15 is 0 Å². The lowest BCUT2D eigenvalue weighted by Gasteiger charge is -2.41. The van der Waals surface area contributed by atoms with Crippen LogP contribution in [0.15, 0.2) is 206 Å². The molecule has 0 saturated heterocycles. The summed E-state index contributed by atoms with van der Waals surface area (Å²) in [5.41, 5.74) is 12.2. The zero-order chi connectivity index (χ0) is 35.8. The van der Waals surface area contributed by atoms with Crippen molar-refractivity contribution in [3.05, 3.63) is 206 Å². The summed E-state index contributed by atoms with van der Waals surface area (Å²) in [4.78, 5) is 10.4. The molecule has 9 aromatic rings. The number of anilines is 2. The maximum atomic E-state index is 5.20. The first-order valence-corrected chi connectivity index (χ1v) is 19.6. The number of aromatic nitrogens is 2. The van der Waals surface area contributed by atoms with Crippen LogP contribution in [0, 0.1) is 0 Å². The second-order valence-electron chi connectivity index (χ2n) is 13.4. The fraction of sp³-hybridized carbons (Fsp3) is 0. The predicted octanol–water partition coefficient (Wildman–Crippen LogP) is 12.5. The molecule has 1 atom stereocenters. The molecule has 0 N–H and O–H groups in total. The molecule has 3 nitrogen and oxygen atoms in total. The third-order valence-corrected chi connectivity index (χ3v) is 12.7. The minimum absolute atomic E-state index is 0.698. The van der Waals surface area contributed by atoms with E-state index in [4.69, 9.17) is 9.97 Å². The van der Waals surface area contributed by atoms with Crippen LogP contribution in [0.4, 0.5) is 11.4 Å². The molecule has 4 heteroatoms. The summed E-state index contributed by atoms with van der Waals surface area (Å²) >= 11 is 0. The van der Waals surface area contributed by atoms with Crippen molar-refractivity contribution in [3.8, 4) is 56.2 Å². The highest BCUT2D eigenvalue weighted by molar-refractivity contribution is 7.75. The molecule has 254 valence electrons. The Morgan fingerprint density at radius 3 is 1.67 bits per heavy atom. The zero-order valence-electron chi connectivity index (χ0n) is 29.4. The summed E-state index contributed by atoms with van der Waals surface area (Å²) < 4.78 is 2.59. The third kappa shape index (κ3) is 5.67. The second-order valence-corrected chi connectivity index (χ2v) is 15.4. The molecule has 0 bridgehead atoms. The molecular formula is C50H34N3P. The first kappa shape index (κ1) is 32.0. The number of hydrogen-bond donors (Lipinski definition) is 0. The molecule has 0 amide bonds. The Morgan fingerprint density at radius 2 is 0.926 bits per heavy atom. The van der Waals surface area contributed by atoms with Gasteiger partial charge in [0.25, 0.3) is 0 Å². The fourth-order valence-corrected chi connectivity index (χ4v) is 10.5. The van der Waals surface area contributed by atoms with Crippen LogP contribution in [-0.4, -0.2) is 9.97 Å². The summed E-state index contributed by atoms with van der Waals surface area (Å²) in [5, 5.41) is 5.17. The van der Waals surface area contributed by atoms with Crippen LogP contribution in [0.1, 0.15) is 0 Å². The Balaban J connectivity index is 1.21. The maximum Gasteiger partial charge on any atom is 0.160 e. The molecule has 8 aromatic carbocycles. The van der Waals surface area contributed by atoms with E-state index in [1.54, 1.807) is 0 Å². The van der Waals surface area contributed by atoms with Gasteiger partial charge in [-0.15, -0.1) is 0 Å². The average Bonchev–Trinajstić information content (AvgIpc) is 3.26. The molecule has 1 aliphatic rings. The number of nitrogens with zero attached hydrogens (tertiary/aromatic N) is 3. The zero-order valence-corrected chi connectivity index (χ0v) is 30.3. The van der Waals surface area contributed by atoms with Gasteiger partial charge in [0, 0.05) is 44.1 Å². The van der Waals surface area contributed by atoms with Crippen molar-refractivity contribution in [1.29, 1.82) is 0 Å². The van der Waals surface area contributed by atoms with Crippen LogP contribution in [-0.2, 0) is 0 Å². The molecule has 1 unspecified atom stereocenters. The van der Waals surface area contributed by atoms with Gasteiger partial charge in [-0.05, 0) is 46.2 Å². The molecule has 1 aliphatic heterocycles. The van der Waals surface area contributed by atoms with Gasteiger partial charge in [-0.2, -0.15) is 0 Å². The van der Waals surface area contributed by atoms with Crippen molar-refractivity contribution in [3.63, 3.8) is 0 Å².